The highest BCUT2D eigenvalue weighted by Gasteiger charge is 2.20. The number of aryl methyl sites for hydroxylation is 3. The number of carbonyl (C=O) groups excluding carboxylic acids is 1. The summed E-state index contributed by atoms with van der Waals surface area (Å²) in [5.74, 6) is 1.12. The fourth-order valence-corrected chi connectivity index (χ4v) is 3.82. The normalized spacial score (nSPS) is 16.5. The Bertz CT molecular complexity index is 703. The lowest BCUT2D eigenvalue weighted by Gasteiger charge is -2.34. The van der Waals surface area contributed by atoms with Gasteiger partial charge in [-0.3, -0.25) is 14.6 Å². The van der Waals surface area contributed by atoms with Gasteiger partial charge in [0, 0.05) is 43.7 Å². The Labute approximate surface area is 145 Å². The molecule has 0 saturated carbocycles. The van der Waals surface area contributed by atoms with Crippen LogP contribution in [0.15, 0.2) is 10.6 Å². The molecule has 1 aliphatic rings. The molecule has 0 unspecified atom stereocenters. The Morgan fingerprint density at radius 3 is 2.54 bits per heavy atom. The molecule has 1 saturated heterocycles. The van der Waals surface area contributed by atoms with E-state index in [4.69, 9.17) is 4.52 Å². The maximum Gasteiger partial charge on any atom is 0.239 e. The Morgan fingerprint density at radius 2 is 1.96 bits per heavy atom. The lowest BCUT2D eigenvalue weighted by atomic mass is 10.3. The predicted octanol–water partition coefficient (Wildman–Crippen LogP) is 1.81. The fourth-order valence-electron chi connectivity index (χ4n) is 2.84. The van der Waals surface area contributed by atoms with Crippen LogP contribution in [-0.4, -0.2) is 58.6 Å². The van der Waals surface area contributed by atoms with Gasteiger partial charge in [0.05, 0.1) is 17.2 Å². The topological polar surface area (TPSA) is 74.5 Å². The molecule has 1 amide bonds. The minimum Gasteiger partial charge on any atom is -0.360 e. The van der Waals surface area contributed by atoms with E-state index in [1.165, 1.54) is 4.88 Å². The van der Waals surface area contributed by atoms with Gasteiger partial charge in [0.15, 0.2) is 5.82 Å². The number of carbonyl (C=O) groups is 1. The van der Waals surface area contributed by atoms with Crippen molar-refractivity contribution in [3.63, 3.8) is 0 Å². The molecule has 0 atom stereocenters. The molecule has 7 nitrogen and oxygen atoms in total. The molecular formula is C16H23N5O2S. The van der Waals surface area contributed by atoms with Crippen molar-refractivity contribution in [2.75, 3.05) is 38.0 Å². The van der Waals surface area contributed by atoms with Crippen molar-refractivity contribution < 1.29 is 9.32 Å². The van der Waals surface area contributed by atoms with Crippen LogP contribution in [0.25, 0.3) is 0 Å². The van der Waals surface area contributed by atoms with Gasteiger partial charge >= 0.3 is 0 Å². The zero-order valence-electron chi connectivity index (χ0n) is 14.3. The van der Waals surface area contributed by atoms with E-state index in [0.29, 0.717) is 18.1 Å². The van der Waals surface area contributed by atoms with E-state index in [1.807, 2.05) is 6.92 Å². The number of thiazole rings is 1. The van der Waals surface area contributed by atoms with E-state index >= 15 is 0 Å². The summed E-state index contributed by atoms with van der Waals surface area (Å²) in [6.45, 7) is 11.0. The van der Waals surface area contributed by atoms with Crippen LogP contribution in [0.3, 0.4) is 0 Å². The van der Waals surface area contributed by atoms with Crippen LogP contribution in [0, 0.1) is 20.8 Å². The molecule has 3 rings (SSSR count). The van der Waals surface area contributed by atoms with Crippen LogP contribution < -0.4 is 5.32 Å². The van der Waals surface area contributed by atoms with E-state index in [0.717, 1.165) is 43.4 Å². The van der Waals surface area contributed by atoms with Gasteiger partial charge < -0.3 is 9.84 Å². The van der Waals surface area contributed by atoms with E-state index in [9.17, 15) is 4.79 Å². The largest absolute Gasteiger partial charge is 0.360 e. The highest BCUT2D eigenvalue weighted by molar-refractivity contribution is 7.11. The fraction of sp³-hybridized carbons (Fsp3) is 0.562. The minimum absolute atomic E-state index is 0.0503. The number of nitrogens with one attached hydrogen (secondary N) is 1. The first-order valence-corrected chi connectivity index (χ1v) is 8.92. The van der Waals surface area contributed by atoms with Gasteiger partial charge in [0.25, 0.3) is 0 Å². The highest BCUT2D eigenvalue weighted by atomic mass is 32.1. The smallest absolute Gasteiger partial charge is 0.239 e. The number of piperazine rings is 1. The Balaban J connectivity index is 1.43. The van der Waals surface area contributed by atoms with Gasteiger partial charge in [-0.2, -0.15) is 0 Å². The molecule has 2 aromatic heterocycles. The molecule has 1 N–H and O–H groups in total. The van der Waals surface area contributed by atoms with E-state index in [-0.39, 0.29) is 5.91 Å². The second-order valence-corrected chi connectivity index (χ2v) is 7.45. The lowest BCUT2D eigenvalue weighted by Crippen LogP contribution is -2.48. The molecule has 0 bridgehead atoms. The predicted molar refractivity (Wildman–Crippen MR) is 93.2 cm³/mol. The summed E-state index contributed by atoms with van der Waals surface area (Å²) in [7, 11) is 0. The van der Waals surface area contributed by atoms with Crippen LogP contribution >= 0.6 is 11.3 Å². The summed E-state index contributed by atoms with van der Waals surface area (Å²) in [5.41, 5.74) is 1.14. The number of nitrogens with zero attached hydrogens (tertiary/aromatic N) is 4. The standard InChI is InChI=1S/C16H23N5O2S/c1-11-8-15(19-23-11)18-16(22)10-21-6-4-20(5-7-21)9-14-12(2)17-13(3)24-14/h8H,4-7,9-10H2,1-3H3,(H,18,19,22). The maximum atomic E-state index is 12.1. The van der Waals surface area contributed by atoms with Gasteiger partial charge in [-0.25, -0.2) is 4.98 Å². The van der Waals surface area contributed by atoms with Crippen LogP contribution in [0.4, 0.5) is 5.82 Å². The quantitative estimate of drug-likeness (QED) is 0.887. The molecule has 3 heterocycles. The molecule has 8 heteroatoms. The van der Waals surface area contributed by atoms with Crippen molar-refractivity contribution in [3.05, 3.63) is 27.4 Å². The van der Waals surface area contributed by atoms with Crippen LogP contribution in [0.1, 0.15) is 21.3 Å². The highest BCUT2D eigenvalue weighted by Crippen LogP contribution is 2.19. The number of rotatable bonds is 5. The lowest BCUT2D eigenvalue weighted by molar-refractivity contribution is -0.117. The first kappa shape index (κ1) is 17.1. The third-order valence-corrected chi connectivity index (χ3v) is 5.15. The van der Waals surface area contributed by atoms with Gasteiger partial charge in [0.2, 0.25) is 5.91 Å². The number of anilines is 1. The molecule has 1 aliphatic heterocycles. The molecule has 1 fully saturated rings. The minimum atomic E-state index is -0.0503. The second-order valence-electron chi connectivity index (χ2n) is 6.16. The summed E-state index contributed by atoms with van der Waals surface area (Å²) in [5, 5.41) is 7.67. The van der Waals surface area contributed by atoms with Crippen molar-refractivity contribution in [2.24, 2.45) is 0 Å². The van der Waals surface area contributed by atoms with Crippen LogP contribution in [0.5, 0.6) is 0 Å². The molecule has 2 aromatic rings. The van der Waals surface area contributed by atoms with Crippen molar-refractivity contribution in [1.82, 2.24) is 19.9 Å². The van der Waals surface area contributed by atoms with Crippen LogP contribution in [0.2, 0.25) is 0 Å². The summed E-state index contributed by atoms with van der Waals surface area (Å²) in [6.07, 6.45) is 0. The Hall–Kier alpha value is -1.77. The molecule has 0 aliphatic carbocycles. The zero-order valence-corrected chi connectivity index (χ0v) is 15.2. The monoisotopic (exact) mass is 349 g/mol. The first-order valence-electron chi connectivity index (χ1n) is 8.10. The second kappa shape index (κ2) is 7.42. The molecular weight excluding hydrogens is 326 g/mol. The van der Waals surface area contributed by atoms with Gasteiger partial charge in [-0.15, -0.1) is 11.3 Å². The average Bonchev–Trinajstić information content (AvgIpc) is 3.06. The van der Waals surface area contributed by atoms with Gasteiger partial charge in [-0.05, 0) is 20.8 Å². The van der Waals surface area contributed by atoms with E-state index < -0.39 is 0 Å². The molecule has 0 radical (unpaired) electrons. The van der Waals surface area contributed by atoms with Gasteiger partial charge in [0.1, 0.15) is 5.76 Å². The first-order chi connectivity index (χ1) is 11.5. The van der Waals surface area contributed by atoms with Crippen LogP contribution in [-0.2, 0) is 11.3 Å². The van der Waals surface area contributed by atoms with Crippen molar-refractivity contribution in [1.29, 1.82) is 0 Å². The van der Waals surface area contributed by atoms with E-state index in [1.54, 1.807) is 24.3 Å². The molecule has 24 heavy (non-hydrogen) atoms. The average molecular weight is 349 g/mol. The summed E-state index contributed by atoms with van der Waals surface area (Å²) < 4.78 is 4.95. The number of hydrogen-bond donors (Lipinski definition) is 1. The Morgan fingerprint density at radius 1 is 1.25 bits per heavy atom. The number of hydrogen-bond acceptors (Lipinski definition) is 7. The van der Waals surface area contributed by atoms with Gasteiger partial charge in [-0.1, -0.05) is 5.16 Å². The van der Waals surface area contributed by atoms with Crippen molar-refractivity contribution in [2.45, 2.75) is 27.3 Å². The Kier molecular flexibility index (Phi) is 5.27. The molecule has 0 aromatic carbocycles. The SMILES string of the molecule is Cc1cc(NC(=O)CN2CCN(Cc3sc(C)nc3C)CC2)no1. The molecule has 130 valence electrons. The van der Waals surface area contributed by atoms with Crippen molar-refractivity contribution >= 4 is 23.1 Å². The summed E-state index contributed by atoms with van der Waals surface area (Å²) in [4.78, 5) is 22.5. The number of aromatic nitrogens is 2. The summed E-state index contributed by atoms with van der Waals surface area (Å²) in [6, 6.07) is 1.72. The third kappa shape index (κ3) is 4.40. The number of amides is 1. The summed E-state index contributed by atoms with van der Waals surface area (Å²) >= 11 is 1.78. The molecule has 0 spiro atoms. The third-order valence-electron chi connectivity index (χ3n) is 4.09. The zero-order chi connectivity index (χ0) is 17.1. The maximum absolute atomic E-state index is 12.1. The van der Waals surface area contributed by atoms with E-state index in [2.05, 4.69) is 32.2 Å². The van der Waals surface area contributed by atoms with Crippen molar-refractivity contribution in [3.8, 4) is 0 Å².